The molecule has 0 bridgehead atoms. The summed E-state index contributed by atoms with van der Waals surface area (Å²) in [5.74, 6) is 0.218. The maximum atomic E-state index is 12.5. The van der Waals surface area contributed by atoms with Gasteiger partial charge in [0.25, 0.3) is 0 Å². The summed E-state index contributed by atoms with van der Waals surface area (Å²) in [4.78, 5) is 16.6. The zero-order chi connectivity index (χ0) is 15.1. The van der Waals surface area contributed by atoms with E-state index in [4.69, 9.17) is 0 Å². The fraction of sp³-hybridized carbons (Fsp3) is 0.562. The number of nitrogens with zero attached hydrogens (tertiary/aromatic N) is 2. The van der Waals surface area contributed by atoms with E-state index in [1.54, 1.807) is 0 Å². The highest BCUT2D eigenvalue weighted by molar-refractivity contribution is 9.10. The maximum Gasteiger partial charge on any atom is 0.241 e. The van der Waals surface area contributed by atoms with Crippen molar-refractivity contribution in [2.75, 3.05) is 14.1 Å². The number of likely N-dealkylation sites (N-methyl/N-ethyl adjacent to an activating group) is 2. The molecule has 1 amide bonds. The predicted molar refractivity (Wildman–Crippen MR) is 85.4 cm³/mol. The highest BCUT2D eigenvalue weighted by Gasteiger charge is 2.46. The summed E-state index contributed by atoms with van der Waals surface area (Å²) in [5.41, 5.74) is 1.24. The molecule has 2 rings (SSSR count). The Morgan fingerprint density at radius 3 is 2.15 bits per heavy atom. The second kappa shape index (κ2) is 5.49. The van der Waals surface area contributed by atoms with Crippen LogP contribution in [0.1, 0.15) is 26.3 Å². The average Bonchev–Trinajstić information content (AvgIpc) is 2.55. The third kappa shape index (κ3) is 2.91. The molecule has 1 saturated heterocycles. The zero-order valence-corrected chi connectivity index (χ0v) is 14.4. The molecule has 20 heavy (non-hydrogen) atoms. The summed E-state index contributed by atoms with van der Waals surface area (Å²) in [6, 6.07) is 8.15. The zero-order valence-electron chi connectivity index (χ0n) is 12.9. The topological polar surface area (TPSA) is 23.6 Å². The summed E-state index contributed by atoms with van der Waals surface area (Å²) in [7, 11) is 3.97. The largest absolute Gasteiger partial charge is 0.328 e. The van der Waals surface area contributed by atoms with Crippen molar-refractivity contribution in [2.24, 2.45) is 5.41 Å². The van der Waals surface area contributed by atoms with E-state index in [2.05, 4.69) is 60.8 Å². The van der Waals surface area contributed by atoms with Crippen molar-refractivity contribution in [3.63, 3.8) is 0 Å². The average molecular weight is 339 g/mol. The fourth-order valence-electron chi connectivity index (χ4n) is 3.24. The molecule has 0 radical (unpaired) electrons. The van der Waals surface area contributed by atoms with Crippen LogP contribution < -0.4 is 0 Å². The van der Waals surface area contributed by atoms with E-state index in [0.717, 1.165) is 10.9 Å². The first-order valence-electron chi connectivity index (χ1n) is 6.95. The molecular formula is C16H23BrN2O. The minimum absolute atomic E-state index is 0.0492. The van der Waals surface area contributed by atoms with Crippen molar-refractivity contribution in [1.82, 2.24) is 9.80 Å². The van der Waals surface area contributed by atoms with Crippen LogP contribution in [0, 0.1) is 5.41 Å². The lowest BCUT2D eigenvalue weighted by Crippen LogP contribution is -2.46. The van der Waals surface area contributed by atoms with Crippen LogP contribution in [0.3, 0.4) is 0 Å². The number of benzene rings is 1. The van der Waals surface area contributed by atoms with Crippen LogP contribution in [-0.4, -0.2) is 42.0 Å². The predicted octanol–water partition coefficient (Wildman–Crippen LogP) is 3.14. The standard InChI is InChI=1S/C16H23BrN2O/c1-16(2,3)15-18(4)13(14(20)19(15)5)10-11-6-8-12(17)9-7-11/h6-9,13,15H,10H2,1-5H3. The molecule has 0 N–H and O–H groups in total. The van der Waals surface area contributed by atoms with Crippen molar-refractivity contribution < 1.29 is 4.79 Å². The number of hydrogen-bond acceptors (Lipinski definition) is 2. The van der Waals surface area contributed by atoms with E-state index >= 15 is 0 Å². The van der Waals surface area contributed by atoms with Gasteiger partial charge < -0.3 is 4.90 Å². The van der Waals surface area contributed by atoms with Gasteiger partial charge in [-0.05, 0) is 36.6 Å². The molecule has 0 aliphatic carbocycles. The van der Waals surface area contributed by atoms with Crippen LogP contribution >= 0.6 is 15.9 Å². The van der Waals surface area contributed by atoms with Gasteiger partial charge in [0.2, 0.25) is 5.91 Å². The van der Waals surface area contributed by atoms with Gasteiger partial charge in [-0.3, -0.25) is 9.69 Å². The molecule has 0 saturated carbocycles. The molecule has 1 aliphatic rings. The molecule has 1 aliphatic heterocycles. The smallest absolute Gasteiger partial charge is 0.241 e. The quantitative estimate of drug-likeness (QED) is 0.827. The molecule has 3 nitrogen and oxygen atoms in total. The molecule has 1 aromatic carbocycles. The minimum Gasteiger partial charge on any atom is -0.328 e. The first-order chi connectivity index (χ1) is 9.21. The Morgan fingerprint density at radius 1 is 1.15 bits per heavy atom. The second-order valence-corrected chi connectivity index (χ2v) is 7.62. The molecule has 1 fully saturated rings. The molecule has 110 valence electrons. The van der Waals surface area contributed by atoms with E-state index in [-0.39, 0.29) is 23.5 Å². The minimum atomic E-state index is -0.0644. The van der Waals surface area contributed by atoms with Crippen LogP contribution in [0.2, 0.25) is 0 Å². The van der Waals surface area contributed by atoms with Gasteiger partial charge in [-0.2, -0.15) is 0 Å². The summed E-state index contributed by atoms with van der Waals surface area (Å²) in [6.07, 6.45) is 0.912. The highest BCUT2D eigenvalue weighted by atomic mass is 79.9. The molecule has 2 atom stereocenters. The van der Waals surface area contributed by atoms with Gasteiger partial charge in [-0.25, -0.2) is 0 Å². The van der Waals surface area contributed by atoms with Crippen LogP contribution in [0.25, 0.3) is 0 Å². The van der Waals surface area contributed by atoms with Gasteiger partial charge in [0.05, 0.1) is 12.2 Å². The second-order valence-electron chi connectivity index (χ2n) is 6.70. The highest BCUT2D eigenvalue weighted by Crippen LogP contribution is 2.33. The molecule has 0 aromatic heterocycles. The Kier molecular flexibility index (Phi) is 4.26. The van der Waals surface area contributed by atoms with Crippen LogP contribution in [0.4, 0.5) is 0 Å². The van der Waals surface area contributed by atoms with Crippen molar-refractivity contribution in [2.45, 2.75) is 39.4 Å². The third-order valence-corrected chi connectivity index (χ3v) is 4.52. The van der Waals surface area contributed by atoms with Crippen molar-refractivity contribution in [1.29, 1.82) is 0 Å². The van der Waals surface area contributed by atoms with E-state index in [1.807, 2.05) is 24.1 Å². The summed E-state index contributed by atoms with van der Waals surface area (Å²) in [5, 5.41) is 0. The van der Waals surface area contributed by atoms with E-state index in [0.29, 0.717) is 0 Å². The first kappa shape index (κ1) is 15.5. The number of halogens is 1. The first-order valence-corrected chi connectivity index (χ1v) is 7.74. The Bertz CT molecular complexity index is 492. The van der Waals surface area contributed by atoms with Gasteiger partial charge in [-0.1, -0.05) is 48.8 Å². The van der Waals surface area contributed by atoms with Gasteiger partial charge in [0, 0.05) is 11.5 Å². The molecule has 2 unspecified atom stereocenters. The van der Waals surface area contributed by atoms with Crippen molar-refractivity contribution >= 4 is 21.8 Å². The number of rotatable bonds is 2. The lowest BCUT2D eigenvalue weighted by atomic mass is 9.91. The Morgan fingerprint density at radius 2 is 1.70 bits per heavy atom. The fourth-order valence-corrected chi connectivity index (χ4v) is 3.50. The lowest BCUT2D eigenvalue weighted by Gasteiger charge is -2.37. The lowest BCUT2D eigenvalue weighted by molar-refractivity contribution is -0.129. The van der Waals surface area contributed by atoms with Gasteiger partial charge in [0.1, 0.15) is 0 Å². The summed E-state index contributed by atoms with van der Waals surface area (Å²) < 4.78 is 1.07. The number of amides is 1. The number of carbonyl (C=O) groups is 1. The molecular weight excluding hydrogens is 316 g/mol. The monoisotopic (exact) mass is 338 g/mol. The van der Waals surface area contributed by atoms with Crippen molar-refractivity contribution in [3.8, 4) is 0 Å². The molecule has 1 heterocycles. The SMILES string of the molecule is CN1C(=O)C(Cc2ccc(Br)cc2)N(C)C1C(C)(C)C. The Labute approximate surface area is 130 Å². The normalized spacial score (nSPS) is 24.5. The Balaban J connectivity index is 2.20. The number of hydrogen-bond donors (Lipinski definition) is 0. The molecule has 4 heteroatoms. The van der Waals surface area contributed by atoms with Gasteiger partial charge >= 0.3 is 0 Å². The van der Waals surface area contributed by atoms with Crippen LogP contribution in [-0.2, 0) is 11.2 Å². The van der Waals surface area contributed by atoms with Gasteiger partial charge in [0.15, 0.2) is 0 Å². The number of carbonyl (C=O) groups excluding carboxylic acids is 1. The van der Waals surface area contributed by atoms with E-state index < -0.39 is 0 Å². The summed E-state index contributed by atoms with van der Waals surface area (Å²) in [6.45, 7) is 6.54. The van der Waals surface area contributed by atoms with E-state index in [1.165, 1.54) is 5.56 Å². The van der Waals surface area contributed by atoms with Crippen LogP contribution in [0.15, 0.2) is 28.7 Å². The maximum absolute atomic E-state index is 12.5. The Hall–Kier alpha value is -0.870. The summed E-state index contributed by atoms with van der Waals surface area (Å²) >= 11 is 3.44. The third-order valence-electron chi connectivity index (χ3n) is 3.99. The van der Waals surface area contributed by atoms with Crippen LogP contribution in [0.5, 0.6) is 0 Å². The molecule has 1 aromatic rings. The van der Waals surface area contributed by atoms with Crippen molar-refractivity contribution in [3.05, 3.63) is 34.3 Å². The van der Waals surface area contributed by atoms with Gasteiger partial charge in [-0.15, -0.1) is 0 Å². The van der Waals surface area contributed by atoms with E-state index in [9.17, 15) is 4.79 Å². The molecule has 0 spiro atoms.